The number of hydrogen-bond acceptors (Lipinski definition) is 4. The SMILES string of the molecule is N#Cc1cccc(S(=O)(=O)N2CC[C@@H](C(=O)O)C2)c1. The third-order valence-corrected chi connectivity index (χ3v) is 4.96. The summed E-state index contributed by atoms with van der Waals surface area (Å²) in [6.45, 7) is 0.171. The van der Waals surface area contributed by atoms with E-state index in [4.69, 9.17) is 10.4 Å². The lowest BCUT2D eigenvalue weighted by molar-refractivity contribution is -0.141. The molecule has 1 saturated heterocycles. The predicted molar refractivity (Wildman–Crippen MR) is 65.7 cm³/mol. The van der Waals surface area contributed by atoms with Gasteiger partial charge >= 0.3 is 5.97 Å². The minimum absolute atomic E-state index is 0.0194. The summed E-state index contributed by atoms with van der Waals surface area (Å²) in [7, 11) is -3.72. The highest BCUT2D eigenvalue weighted by Crippen LogP contribution is 2.24. The maximum Gasteiger partial charge on any atom is 0.307 e. The van der Waals surface area contributed by atoms with E-state index in [2.05, 4.69) is 0 Å². The minimum Gasteiger partial charge on any atom is -0.481 e. The number of carboxylic acids is 1. The van der Waals surface area contributed by atoms with Crippen molar-refractivity contribution in [2.24, 2.45) is 5.92 Å². The Morgan fingerprint density at radius 2 is 2.21 bits per heavy atom. The van der Waals surface area contributed by atoms with Gasteiger partial charge in [0.15, 0.2) is 0 Å². The second-order valence-electron chi connectivity index (χ2n) is 4.33. The zero-order valence-corrected chi connectivity index (χ0v) is 10.8. The lowest BCUT2D eigenvalue weighted by Crippen LogP contribution is -2.30. The molecule has 1 aromatic rings. The first-order valence-electron chi connectivity index (χ1n) is 5.68. The highest BCUT2D eigenvalue weighted by molar-refractivity contribution is 7.89. The second-order valence-corrected chi connectivity index (χ2v) is 6.26. The highest BCUT2D eigenvalue weighted by atomic mass is 32.2. The number of nitrogens with zero attached hydrogens (tertiary/aromatic N) is 2. The van der Waals surface area contributed by atoms with Gasteiger partial charge in [0.2, 0.25) is 10.0 Å². The topological polar surface area (TPSA) is 98.5 Å². The molecule has 100 valence electrons. The molecule has 0 aliphatic carbocycles. The first-order chi connectivity index (χ1) is 8.95. The van der Waals surface area contributed by atoms with Crippen LogP contribution in [0.5, 0.6) is 0 Å². The average molecular weight is 280 g/mol. The number of carbonyl (C=O) groups is 1. The number of aliphatic carboxylic acids is 1. The van der Waals surface area contributed by atoms with Crippen LogP contribution in [0.3, 0.4) is 0 Å². The summed E-state index contributed by atoms with van der Waals surface area (Å²) in [6, 6.07) is 7.60. The maximum absolute atomic E-state index is 12.3. The molecule has 1 aliphatic heterocycles. The standard InChI is InChI=1S/C12H12N2O4S/c13-7-9-2-1-3-11(6-9)19(17,18)14-5-4-10(8-14)12(15)16/h1-3,6,10H,4-5,8H2,(H,15,16)/t10-/m1/s1. The lowest BCUT2D eigenvalue weighted by atomic mass is 10.1. The van der Waals surface area contributed by atoms with E-state index in [1.807, 2.05) is 6.07 Å². The molecule has 1 heterocycles. The Morgan fingerprint density at radius 1 is 1.47 bits per heavy atom. The molecule has 7 heteroatoms. The second kappa shape index (κ2) is 4.99. The molecule has 0 bridgehead atoms. The summed E-state index contributed by atoms with van der Waals surface area (Å²) in [4.78, 5) is 10.9. The summed E-state index contributed by atoms with van der Waals surface area (Å²) in [5.74, 6) is -1.64. The highest BCUT2D eigenvalue weighted by Gasteiger charge is 2.35. The van der Waals surface area contributed by atoms with Crippen LogP contribution in [0, 0.1) is 17.2 Å². The van der Waals surface area contributed by atoms with Gasteiger partial charge in [-0.3, -0.25) is 4.79 Å². The predicted octanol–water partition coefficient (Wildman–Crippen LogP) is 0.653. The molecule has 1 aliphatic rings. The zero-order valence-electron chi connectivity index (χ0n) is 9.98. The van der Waals surface area contributed by atoms with Crippen molar-refractivity contribution in [1.29, 1.82) is 5.26 Å². The van der Waals surface area contributed by atoms with Crippen LogP contribution in [-0.4, -0.2) is 36.9 Å². The van der Waals surface area contributed by atoms with Crippen LogP contribution in [-0.2, 0) is 14.8 Å². The van der Waals surface area contributed by atoms with Crippen molar-refractivity contribution < 1.29 is 18.3 Å². The van der Waals surface area contributed by atoms with Crippen LogP contribution < -0.4 is 0 Å². The van der Waals surface area contributed by atoms with Gasteiger partial charge in [-0.25, -0.2) is 8.42 Å². The Labute approximate surface area is 110 Å². The number of rotatable bonds is 3. The molecule has 0 saturated carbocycles. The fourth-order valence-corrected chi connectivity index (χ4v) is 3.57. The third kappa shape index (κ3) is 2.59. The van der Waals surface area contributed by atoms with E-state index < -0.39 is 21.9 Å². The molecule has 1 fully saturated rings. The zero-order chi connectivity index (χ0) is 14.0. The molecule has 2 rings (SSSR count). The van der Waals surface area contributed by atoms with Crippen molar-refractivity contribution in [3.8, 4) is 6.07 Å². The van der Waals surface area contributed by atoms with Gasteiger partial charge in [0, 0.05) is 13.1 Å². The minimum atomic E-state index is -3.72. The third-order valence-electron chi connectivity index (χ3n) is 3.10. The van der Waals surface area contributed by atoms with Crippen LogP contribution in [0.2, 0.25) is 0 Å². The molecule has 0 spiro atoms. The molecule has 0 unspecified atom stereocenters. The van der Waals surface area contributed by atoms with Crippen molar-refractivity contribution in [3.63, 3.8) is 0 Å². The van der Waals surface area contributed by atoms with Gasteiger partial charge in [0.05, 0.1) is 22.4 Å². The molecular weight excluding hydrogens is 268 g/mol. The lowest BCUT2D eigenvalue weighted by Gasteiger charge is -2.15. The van der Waals surface area contributed by atoms with Gasteiger partial charge in [-0.1, -0.05) is 6.07 Å². The Hall–Kier alpha value is -1.91. The molecule has 0 amide bonds. The normalized spacial score (nSPS) is 20.1. The van der Waals surface area contributed by atoms with Crippen LogP contribution >= 0.6 is 0 Å². The van der Waals surface area contributed by atoms with E-state index >= 15 is 0 Å². The fraction of sp³-hybridized carbons (Fsp3) is 0.333. The van der Waals surface area contributed by atoms with E-state index in [1.165, 1.54) is 24.3 Å². The number of carboxylic acid groups (broad SMARTS) is 1. The Balaban J connectivity index is 2.29. The number of sulfonamides is 1. The largest absolute Gasteiger partial charge is 0.481 e. The summed E-state index contributed by atoms with van der Waals surface area (Å²) in [6.07, 6.45) is 0.312. The fourth-order valence-electron chi connectivity index (χ4n) is 2.02. The van der Waals surface area contributed by atoms with Crippen molar-refractivity contribution in [1.82, 2.24) is 4.31 Å². The summed E-state index contributed by atoms with van der Waals surface area (Å²) >= 11 is 0. The van der Waals surface area contributed by atoms with Crippen molar-refractivity contribution >= 4 is 16.0 Å². The Morgan fingerprint density at radius 3 is 2.79 bits per heavy atom. The number of hydrogen-bond donors (Lipinski definition) is 1. The van der Waals surface area contributed by atoms with Crippen molar-refractivity contribution in [2.75, 3.05) is 13.1 Å². The molecule has 6 nitrogen and oxygen atoms in total. The Bertz CT molecular complexity index is 648. The quantitative estimate of drug-likeness (QED) is 0.876. The average Bonchev–Trinajstić information content (AvgIpc) is 2.89. The van der Waals surface area contributed by atoms with E-state index in [0.29, 0.717) is 6.42 Å². The van der Waals surface area contributed by atoms with Gasteiger partial charge in [-0.05, 0) is 24.6 Å². The van der Waals surface area contributed by atoms with Crippen LogP contribution in [0.15, 0.2) is 29.2 Å². The molecule has 0 radical (unpaired) electrons. The first-order valence-corrected chi connectivity index (χ1v) is 7.12. The summed E-state index contributed by atoms with van der Waals surface area (Å²) in [5, 5.41) is 17.7. The molecule has 1 N–H and O–H groups in total. The number of benzene rings is 1. The molecule has 19 heavy (non-hydrogen) atoms. The van der Waals surface area contributed by atoms with Gasteiger partial charge < -0.3 is 5.11 Å². The molecule has 1 atom stereocenters. The van der Waals surface area contributed by atoms with Gasteiger partial charge in [0.1, 0.15) is 0 Å². The van der Waals surface area contributed by atoms with Crippen LogP contribution in [0.4, 0.5) is 0 Å². The molecule has 1 aromatic carbocycles. The van der Waals surface area contributed by atoms with E-state index in [0.717, 1.165) is 4.31 Å². The van der Waals surface area contributed by atoms with Gasteiger partial charge in [-0.2, -0.15) is 9.57 Å². The Kier molecular flexibility index (Phi) is 3.55. The van der Waals surface area contributed by atoms with Crippen LogP contribution in [0.25, 0.3) is 0 Å². The van der Waals surface area contributed by atoms with E-state index in [-0.39, 0.29) is 23.5 Å². The molecular formula is C12H12N2O4S. The summed E-state index contributed by atoms with van der Waals surface area (Å²) in [5.41, 5.74) is 0.259. The summed E-state index contributed by atoms with van der Waals surface area (Å²) < 4.78 is 25.7. The molecule has 0 aromatic heterocycles. The van der Waals surface area contributed by atoms with Gasteiger partial charge in [-0.15, -0.1) is 0 Å². The van der Waals surface area contributed by atoms with Crippen molar-refractivity contribution in [2.45, 2.75) is 11.3 Å². The van der Waals surface area contributed by atoms with Crippen molar-refractivity contribution in [3.05, 3.63) is 29.8 Å². The maximum atomic E-state index is 12.3. The van der Waals surface area contributed by atoms with Gasteiger partial charge in [0.25, 0.3) is 0 Å². The monoisotopic (exact) mass is 280 g/mol. The smallest absolute Gasteiger partial charge is 0.307 e. The first kappa shape index (κ1) is 13.5. The van der Waals surface area contributed by atoms with Crippen LogP contribution in [0.1, 0.15) is 12.0 Å². The number of nitriles is 1. The van der Waals surface area contributed by atoms with E-state index in [9.17, 15) is 13.2 Å². The van der Waals surface area contributed by atoms with E-state index in [1.54, 1.807) is 0 Å².